The van der Waals surface area contributed by atoms with Crippen LogP contribution in [0.1, 0.15) is 17.7 Å². The van der Waals surface area contributed by atoms with Crippen molar-refractivity contribution in [1.82, 2.24) is 14.8 Å². The third kappa shape index (κ3) is 4.66. The maximum atomic E-state index is 13.2. The minimum absolute atomic E-state index is 0.137. The summed E-state index contributed by atoms with van der Waals surface area (Å²) in [6.07, 6.45) is 2.65. The first-order valence-electron chi connectivity index (χ1n) is 9.40. The Kier molecular flexibility index (Phi) is 5.83. The molecule has 3 aromatic rings. The van der Waals surface area contributed by atoms with Crippen molar-refractivity contribution in [3.8, 4) is 10.8 Å². The van der Waals surface area contributed by atoms with Crippen LogP contribution >= 0.6 is 11.3 Å². The second-order valence-electron chi connectivity index (χ2n) is 6.91. The molecule has 0 bridgehead atoms. The van der Waals surface area contributed by atoms with Crippen LogP contribution < -0.4 is 0 Å². The molecule has 0 radical (unpaired) electrons. The summed E-state index contributed by atoms with van der Waals surface area (Å²) in [5, 5.41) is 2.96. The average molecular weight is 399 g/mol. The van der Waals surface area contributed by atoms with E-state index in [1.165, 1.54) is 12.1 Å². The monoisotopic (exact) mass is 399 g/mol. The van der Waals surface area contributed by atoms with Crippen molar-refractivity contribution in [3.05, 3.63) is 65.1 Å². The van der Waals surface area contributed by atoms with Gasteiger partial charge >= 0.3 is 0 Å². The van der Waals surface area contributed by atoms with Crippen LogP contribution in [0.2, 0.25) is 0 Å². The minimum Gasteiger partial charge on any atom is -0.462 e. The Labute approximate surface area is 167 Å². The highest BCUT2D eigenvalue weighted by Gasteiger charge is 2.21. The number of thiazole rings is 1. The summed E-state index contributed by atoms with van der Waals surface area (Å²) in [6.45, 7) is 3.88. The maximum absolute atomic E-state index is 13.2. The van der Waals surface area contributed by atoms with Gasteiger partial charge < -0.3 is 9.32 Å². The Morgan fingerprint density at radius 1 is 1.18 bits per heavy atom. The number of furan rings is 1. The zero-order chi connectivity index (χ0) is 19.3. The fraction of sp³-hybridized carbons (Fsp3) is 0.333. The Hall–Kier alpha value is -2.51. The fourth-order valence-corrected chi connectivity index (χ4v) is 4.16. The number of halogens is 1. The van der Waals surface area contributed by atoms with E-state index in [-0.39, 0.29) is 11.7 Å². The second kappa shape index (κ2) is 8.67. The van der Waals surface area contributed by atoms with E-state index in [2.05, 4.69) is 15.3 Å². The van der Waals surface area contributed by atoms with Gasteiger partial charge in [0.15, 0.2) is 10.8 Å². The van der Waals surface area contributed by atoms with Gasteiger partial charge in [0.2, 0.25) is 5.91 Å². The summed E-state index contributed by atoms with van der Waals surface area (Å²) in [5.41, 5.74) is 1.89. The number of nitrogens with zero attached hydrogens (tertiary/aromatic N) is 3. The van der Waals surface area contributed by atoms with Gasteiger partial charge in [0.05, 0.1) is 12.0 Å². The van der Waals surface area contributed by atoms with Crippen molar-refractivity contribution in [1.29, 1.82) is 0 Å². The molecule has 1 amide bonds. The van der Waals surface area contributed by atoms with Crippen LogP contribution in [0.5, 0.6) is 0 Å². The molecular formula is C21H22FN3O2S. The minimum atomic E-state index is -0.254. The zero-order valence-electron chi connectivity index (χ0n) is 15.5. The van der Waals surface area contributed by atoms with Crippen molar-refractivity contribution >= 4 is 17.2 Å². The fourth-order valence-electron chi connectivity index (χ4n) is 3.38. The number of amides is 1. The quantitative estimate of drug-likeness (QED) is 0.632. The van der Waals surface area contributed by atoms with E-state index in [1.54, 1.807) is 23.7 Å². The molecule has 0 atom stereocenters. The molecule has 28 heavy (non-hydrogen) atoms. The number of aromatic nitrogens is 1. The van der Waals surface area contributed by atoms with E-state index >= 15 is 0 Å². The number of benzene rings is 1. The Bertz CT molecular complexity index is 917. The number of rotatable bonds is 6. The zero-order valence-corrected chi connectivity index (χ0v) is 16.3. The van der Waals surface area contributed by atoms with Crippen molar-refractivity contribution in [2.75, 3.05) is 26.2 Å². The highest BCUT2D eigenvalue weighted by Crippen LogP contribution is 2.24. The van der Waals surface area contributed by atoms with E-state index in [0.717, 1.165) is 54.7 Å². The lowest BCUT2D eigenvalue weighted by Gasteiger charge is -2.34. The number of carbonyl (C=O) groups excluding carboxylic acids is 1. The number of carbonyl (C=O) groups is 1. The normalized spacial score (nSPS) is 15.1. The number of aryl methyl sites for hydroxylation is 1. The summed E-state index contributed by atoms with van der Waals surface area (Å²) in [5.74, 6) is 0.679. The third-order valence-corrected chi connectivity index (χ3v) is 5.82. The van der Waals surface area contributed by atoms with Crippen LogP contribution in [0.15, 0.2) is 52.5 Å². The van der Waals surface area contributed by atoms with Crippen molar-refractivity contribution in [2.45, 2.75) is 19.4 Å². The van der Waals surface area contributed by atoms with Gasteiger partial charge in [-0.1, -0.05) is 12.1 Å². The first-order chi connectivity index (χ1) is 13.7. The first kappa shape index (κ1) is 18.8. The molecule has 2 aromatic heterocycles. The molecule has 0 unspecified atom stereocenters. The van der Waals surface area contributed by atoms with Crippen LogP contribution in [0, 0.1) is 5.82 Å². The molecule has 4 rings (SSSR count). The molecule has 1 aromatic carbocycles. The lowest BCUT2D eigenvalue weighted by molar-refractivity contribution is -0.133. The molecule has 0 aliphatic carbocycles. The summed E-state index contributed by atoms with van der Waals surface area (Å²) < 4.78 is 18.6. The standard InChI is InChI=1S/C21H22FN3O2S/c22-17-4-1-3-16(13-17)6-7-20(26)25-10-8-24(9-11-25)14-18-15-28-21(23-18)19-5-2-12-27-19/h1-5,12-13,15H,6-11,14H2. The summed E-state index contributed by atoms with van der Waals surface area (Å²) in [7, 11) is 0. The van der Waals surface area contributed by atoms with Gasteiger partial charge in [-0.25, -0.2) is 9.37 Å². The lowest BCUT2D eigenvalue weighted by atomic mass is 10.1. The molecule has 0 N–H and O–H groups in total. The van der Waals surface area contributed by atoms with Crippen molar-refractivity contribution in [2.24, 2.45) is 0 Å². The highest BCUT2D eigenvalue weighted by molar-refractivity contribution is 7.13. The van der Waals surface area contributed by atoms with Gasteiger partial charge in [-0.2, -0.15) is 0 Å². The number of piperazine rings is 1. The number of hydrogen-bond acceptors (Lipinski definition) is 5. The van der Waals surface area contributed by atoms with E-state index < -0.39 is 0 Å². The van der Waals surface area contributed by atoms with Crippen LogP contribution in [0.4, 0.5) is 4.39 Å². The Morgan fingerprint density at radius 3 is 2.79 bits per heavy atom. The summed E-state index contributed by atoms with van der Waals surface area (Å²) >= 11 is 1.58. The smallest absolute Gasteiger partial charge is 0.222 e. The predicted octanol–water partition coefficient (Wildman–Crippen LogP) is 3.82. The van der Waals surface area contributed by atoms with Crippen LogP contribution in [-0.2, 0) is 17.8 Å². The molecule has 1 fully saturated rings. The molecule has 7 heteroatoms. The summed E-state index contributed by atoms with van der Waals surface area (Å²) in [4.78, 5) is 21.3. The van der Waals surface area contributed by atoms with Gasteiger partial charge in [-0.15, -0.1) is 11.3 Å². The van der Waals surface area contributed by atoms with Crippen molar-refractivity contribution < 1.29 is 13.6 Å². The maximum Gasteiger partial charge on any atom is 0.222 e. The second-order valence-corrected chi connectivity index (χ2v) is 7.77. The lowest BCUT2D eigenvalue weighted by Crippen LogP contribution is -2.48. The molecule has 146 valence electrons. The van der Waals surface area contributed by atoms with Gasteiger partial charge in [0.1, 0.15) is 5.82 Å². The third-order valence-electron chi connectivity index (χ3n) is 4.91. The van der Waals surface area contributed by atoms with Crippen molar-refractivity contribution in [3.63, 3.8) is 0 Å². The Morgan fingerprint density at radius 2 is 2.04 bits per heavy atom. The highest BCUT2D eigenvalue weighted by atomic mass is 32.1. The van der Waals surface area contributed by atoms with Gasteiger partial charge in [-0.05, 0) is 36.2 Å². The Balaban J connectivity index is 1.23. The van der Waals surface area contributed by atoms with Gasteiger partial charge in [-0.3, -0.25) is 9.69 Å². The molecule has 0 spiro atoms. The topological polar surface area (TPSA) is 49.6 Å². The SMILES string of the molecule is O=C(CCc1cccc(F)c1)N1CCN(Cc2csc(-c3ccco3)n2)CC1. The molecule has 3 heterocycles. The van der Waals surface area contributed by atoms with E-state index in [1.807, 2.05) is 23.1 Å². The van der Waals surface area contributed by atoms with E-state index in [9.17, 15) is 9.18 Å². The number of hydrogen-bond donors (Lipinski definition) is 0. The largest absolute Gasteiger partial charge is 0.462 e. The van der Waals surface area contributed by atoms with Crippen LogP contribution in [0.3, 0.4) is 0 Å². The van der Waals surface area contributed by atoms with Crippen LogP contribution in [-0.4, -0.2) is 46.9 Å². The summed E-state index contributed by atoms with van der Waals surface area (Å²) in [6, 6.07) is 10.2. The molecular weight excluding hydrogens is 377 g/mol. The van der Waals surface area contributed by atoms with Gasteiger partial charge in [0, 0.05) is 44.5 Å². The van der Waals surface area contributed by atoms with Crippen LogP contribution in [0.25, 0.3) is 10.8 Å². The molecule has 1 saturated heterocycles. The predicted molar refractivity (Wildman–Crippen MR) is 106 cm³/mol. The average Bonchev–Trinajstić information content (AvgIpc) is 3.38. The molecule has 1 aliphatic heterocycles. The van der Waals surface area contributed by atoms with E-state index in [4.69, 9.17) is 4.42 Å². The van der Waals surface area contributed by atoms with E-state index in [0.29, 0.717) is 12.8 Å². The molecule has 0 saturated carbocycles. The molecule has 5 nitrogen and oxygen atoms in total. The molecule has 1 aliphatic rings. The first-order valence-corrected chi connectivity index (χ1v) is 10.3. The van der Waals surface area contributed by atoms with Gasteiger partial charge in [0.25, 0.3) is 0 Å².